The summed E-state index contributed by atoms with van der Waals surface area (Å²) in [5, 5.41) is 0. The van der Waals surface area contributed by atoms with Crippen molar-refractivity contribution in [1.29, 1.82) is 0 Å². The van der Waals surface area contributed by atoms with Crippen LogP contribution < -0.4 is 0 Å². The Labute approximate surface area is 68.8 Å². The summed E-state index contributed by atoms with van der Waals surface area (Å²) in [4.78, 5) is 1.35. The van der Waals surface area contributed by atoms with Crippen molar-refractivity contribution >= 4 is 20.7 Å². The maximum Gasteiger partial charge on any atom is -0.00186 e. The maximum absolute atomic E-state index is 4.53. The standard InChI is InChI=1S/C8H12S2/c1-10(2,9)8-6-4-3-5-7-8/h3-7,9H,1-2H3. The minimum Gasteiger partial charge on any atom is -0.174 e. The van der Waals surface area contributed by atoms with Gasteiger partial charge in [0.2, 0.25) is 0 Å². The Hall–Kier alpha value is -0.0800. The van der Waals surface area contributed by atoms with Gasteiger partial charge in [-0.25, -0.2) is 0 Å². The van der Waals surface area contributed by atoms with Crippen LogP contribution in [0, 0.1) is 0 Å². The molecule has 0 bridgehead atoms. The molecule has 0 fully saturated rings. The Morgan fingerprint density at radius 1 is 1.10 bits per heavy atom. The summed E-state index contributed by atoms with van der Waals surface area (Å²) >= 11 is 4.53. The molecule has 0 atom stereocenters. The maximum atomic E-state index is 4.53. The van der Waals surface area contributed by atoms with Crippen LogP contribution in [0.5, 0.6) is 0 Å². The monoisotopic (exact) mass is 172 g/mol. The van der Waals surface area contributed by atoms with Crippen LogP contribution in [0.1, 0.15) is 0 Å². The first-order chi connectivity index (χ1) is 4.61. The van der Waals surface area contributed by atoms with E-state index in [1.54, 1.807) is 0 Å². The molecule has 0 spiro atoms. The Morgan fingerprint density at radius 2 is 1.60 bits per heavy atom. The molecule has 1 rings (SSSR count). The van der Waals surface area contributed by atoms with Crippen LogP contribution in [0.15, 0.2) is 35.2 Å². The molecule has 1 aromatic rings. The highest BCUT2D eigenvalue weighted by atomic mass is 33.1. The van der Waals surface area contributed by atoms with Crippen LogP contribution >= 0.6 is 20.7 Å². The van der Waals surface area contributed by atoms with Gasteiger partial charge in [0.25, 0.3) is 0 Å². The number of benzene rings is 1. The van der Waals surface area contributed by atoms with E-state index in [1.165, 1.54) is 4.90 Å². The van der Waals surface area contributed by atoms with Crippen molar-refractivity contribution in [3.05, 3.63) is 30.3 Å². The van der Waals surface area contributed by atoms with Gasteiger partial charge in [-0.1, -0.05) is 18.2 Å². The summed E-state index contributed by atoms with van der Waals surface area (Å²) in [6, 6.07) is 10.4. The van der Waals surface area contributed by atoms with Crippen molar-refractivity contribution in [2.75, 3.05) is 12.5 Å². The van der Waals surface area contributed by atoms with Crippen LogP contribution in [0.3, 0.4) is 0 Å². The van der Waals surface area contributed by atoms with Crippen molar-refractivity contribution in [2.45, 2.75) is 4.90 Å². The van der Waals surface area contributed by atoms with Gasteiger partial charge in [-0.15, -0.1) is 11.7 Å². The average molecular weight is 172 g/mol. The van der Waals surface area contributed by atoms with E-state index in [1.807, 2.05) is 6.07 Å². The van der Waals surface area contributed by atoms with E-state index in [0.717, 1.165) is 0 Å². The topological polar surface area (TPSA) is 0 Å². The van der Waals surface area contributed by atoms with Crippen molar-refractivity contribution in [3.63, 3.8) is 0 Å². The zero-order chi connectivity index (χ0) is 7.61. The van der Waals surface area contributed by atoms with E-state index in [0.29, 0.717) is 0 Å². The van der Waals surface area contributed by atoms with E-state index in [2.05, 4.69) is 48.4 Å². The summed E-state index contributed by atoms with van der Waals surface area (Å²) in [7, 11) is -0.808. The fourth-order valence-electron chi connectivity index (χ4n) is 0.754. The van der Waals surface area contributed by atoms with Gasteiger partial charge >= 0.3 is 0 Å². The molecule has 0 unspecified atom stereocenters. The summed E-state index contributed by atoms with van der Waals surface area (Å²) in [5.41, 5.74) is 0. The molecule has 0 aliphatic rings. The van der Waals surface area contributed by atoms with Gasteiger partial charge in [-0.3, -0.25) is 0 Å². The second kappa shape index (κ2) is 2.89. The Morgan fingerprint density at radius 3 is 1.90 bits per heavy atom. The summed E-state index contributed by atoms with van der Waals surface area (Å²) in [6.07, 6.45) is 4.34. The Bertz CT molecular complexity index is 198. The molecule has 0 aliphatic heterocycles. The lowest BCUT2D eigenvalue weighted by atomic mass is 10.4. The van der Waals surface area contributed by atoms with Crippen molar-refractivity contribution < 1.29 is 0 Å². The number of rotatable bonds is 1. The van der Waals surface area contributed by atoms with E-state index < -0.39 is 9.06 Å². The van der Waals surface area contributed by atoms with E-state index >= 15 is 0 Å². The lowest BCUT2D eigenvalue weighted by molar-refractivity contribution is 1.45. The van der Waals surface area contributed by atoms with Gasteiger partial charge in [-0.2, -0.15) is 9.06 Å². The third-order valence-corrected chi connectivity index (χ3v) is 3.38. The fraction of sp³-hybridized carbons (Fsp3) is 0.250. The molecule has 0 amide bonds. The first-order valence-electron chi connectivity index (χ1n) is 3.11. The highest BCUT2D eigenvalue weighted by molar-refractivity contribution is 8.87. The lowest BCUT2D eigenvalue weighted by Gasteiger charge is -2.23. The van der Waals surface area contributed by atoms with Crippen molar-refractivity contribution in [3.8, 4) is 0 Å². The quantitative estimate of drug-likeness (QED) is 0.488. The molecular weight excluding hydrogens is 160 g/mol. The highest BCUT2D eigenvalue weighted by Crippen LogP contribution is 2.52. The normalized spacial score (nSPS) is 13.1. The fourth-order valence-corrected chi connectivity index (χ4v) is 1.94. The Balaban J connectivity index is 2.97. The summed E-state index contributed by atoms with van der Waals surface area (Å²) in [5.74, 6) is 0. The van der Waals surface area contributed by atoms with Gasteiger partial charge in [0, 0.05) is 0 Å². The average Bonchev–Trinajstić information content (AvgIpc) is 1.88. The molecule has 2 heteroatoms. The zero-order valence-corrected chi connectivity index (χ0v) is 7.95. The SMILES string of the molecule is CS(C)(S)c1ccccc1. The molecule has 10 heavy (non-hydrogen) atoms. The third-order valence-electron chi connectivity index (χ3n) is 1.32. The van der Waals surface area contributed by atoms with Crippen LogP contribution in [-0.2, 0) is 0 Å². The van der Waals surface area contributed by atoms with E-state index in [4.69, 9.17) is 0 Å². The summed E-state index contributed by atoms with van der Waals surface area (Å²) in [6.45, 7) is 0. The first kappa shape index (κ1) is 8.02. The molecule has 0 saturated carbocycles. The molecule has 0 radical (unpaired) electrons. The van der Waals surface area contributed by atoms with Gasteiger partial charge in [0.05, 0.1) is 0 Å². The van der Waals surface area contributed by atoms with Crippen molar-refractivity contribution in [2.24, 2.45) is 0 Å². The minimum atomic E-state index is -0.808. The zero-order valence-electron chi connectivity index (χ0n) is 6.24. The molecular formula is C8H12S2. The molecule has 0 heterocycles. The smallest absolute Gasteiger partial charge is 0.00186 e. The van der Waals surface area contributed by atoms with Gasteiger partial charge in [-0.05, 0) is 29.5 Å². The third kappa shape index (κ3) is 1.96. The summed E-state index contributed by atoms with van der Waals surface area (Å²) < 4.78 is 0. The molecule has 0 N–H and O–H groups in total. The number of hydrogen-bond donors (Lipinski definition) is 1. The first-order valence-corrected chi connectivity index (χ1v) is 6.62. The number of thiol groups is 1. The molecule has 0 saturated heterocycles. The lowest BCUT2D eigenvalue weighted by Crippen LogP contribution is -1.84. The predicted molar refractivity (Wildman–Crippen MR) is 53.1 cm³/mol. The Kier molecular flexibility index (Phi) is 2.32. The molecule has 0 aliphatic carbocycles. The predicted octanol–water partition coefficient (Wildman–Crippen LogP) is 2.95. The van der Waals surface area contributed by atoms with Crippen LogP contribution in [-0.4, -0.2) is 12.5 Å². The molecule has 56 valence electrons. The minimum absolute atomic E-state index is 0.808. The van der Waals surface area contributed by atoms with Crippen LogP contribution in [0.4, 0.5) is 0 Å². The molecule has 0 nitrogen and oxygen atoms in total. The van der Waals surface area contributed by atoms with Gasteiger partial charge in [0.15, 0.2) is 0 Å². The number of hydrogen-bond acceptors (Lipinski definition) is 1. The molecule has 1 aromatic carbocycles. The van der Waals surface area contributed by atoms with Gasteiger partial charge in [0.1, 0.15) is 0 Å². The van der Waals surface area contributed by atoms with Crippen molar-refractivity contribution in [1.82, 2.24) is 0 Å². The van der Waals surface area contributed by atoms with E-state index in [-0.39, 0.29) is 0 Å². The van der Waals surface area contributed by atoms with Crippen LogP contribution in [0.25, 0.3) is 0 Å². The van der Waals surface area contributed by atoms with Gasteiger partial charge < -0.3 is 0 Å². The second-order valence-corrected chi connectivity index (χ2v) is 8.34. The second-order valence-electron chi connectivity index (χ2n) is 2.59. The van der Waals surface area contributed by atoms with E-state index in [9.17, 15) is 0 Å². The highest BCUT2D eigenvalue weighted by Gasteiger charge is 2.06. The largest absolute Gasteiger partial charge is 0.174 e. The van der Waals surface area contributed by atoms with Crippen LogP contribution in [0.2, 0.25) is 0 Å². The molecule has 0 aromatic heterocycles.